The van der Waals surface area contributed by atoms with Crippen molar-refractivity contribution in [2.24, 2.45) is 5.92 Å². The Bertz CT molecular complexity index is 368. The lowest BCUT2D eigenvalue weighted by Crippen LogP contribution is -2.36. The van der Waals surface area contributed by atoms with E-state index in [4.69, 9.17) is 4.74 Å². The Morgan fingerprint density at radius 2 is 1.90 bits per heavy atom. The third-order valence-corrected chi connectivity index (χ3v) is 4.53. The highest BCUT2D eigenvalue weighted by atomic mass is 16.5. The second-order valence-electron chi connectivity index (χ2n) is 5.99. The summed E-state index contributed by atoms with van der Waals surface area (Å²) in [6.07, 6.45) is 9.35. The van der Waals surface area contributed by atoms with Crippen molar-refractivity contribution in [2.75, 3.05) is 13.7 Å². The summed E-state index contributed by atoms with van der Waals surface area (Å²) in [7, 11) is 1.72. The standard InChI is InChI=1S/C18H29NO/c1-3-14-19-18(16-6-4-5-7-16)13-10-15-8-11-17(20-2)12-9-15/h8-9,11-12,16,18-19H,3-7,10,13-14H2,1-2H3. The lowest BCUT2D eigenvalue weighted by atomic mass is 9.92. The van der Waals surface area contributed by atoms with Gasteiger partial charge in [-0.1, -0.05) is 31.9 Å². The summed E-state index contributed by atoms with van der Waals surface area (Å²) in [5, 5.41) is 3.78. The van der Waals surface area contributed by atoms with E-state index in [-0.39, 0.29) is 0 Å². The van der Waals surface area contributed by atoms with Crippen molar-refractivity contribution in [1.29, 1.82) is 0 Å². The zero-order valence-corrected chi connectivity index (χ0v) is 13.0. The molecule has 1 saturated carbocycles. The minimum Gasteiger partial charge on any atom is -0.497 e. The molecule has 0 heterocycles. The molecule has 2 nitrogen and oxygen atoms in total. The number of aryl methyl sites for hydroxylation is 1. The topological polar surface area (TPSA) is 21.3 Å². The number of nitrogens with one attached hydrogen (secondary N) is 1. The number of hydrogen-bond acceptors (Lipinski definition) is 2. The molecule has 2 heteroatoms. The molecular formula is C18H29NO. The van der Waals surface area contributed by atoms with E-state index in [1.807, 2.05) is 0 Å². The first-order chi connectivity index (χ1) is 9.83. The minimum atomic E-state index is 0.708. The van der Waals surface area contributed by atoms with E-state index >= 15 is 0 Å². The second kappa shape index (κ2) is 8.31. The van der Waals surface area contributed by atoms with Gasteiger partial charge in [-0.2, -0.15) is 0 Å². The van der Waals surface area contributed by atoms with E-state index < -0.39 is 0 Å². The molecule has 0 amide bonds. The number of methoxy groups -OCH3 is 1. The van der Waals surface area contributed by atoms with Crippen molar-refractivity contribution in [3.05, 3.63) is 29.8 Å². The minimum absolute atomic E-state index is 0.708. The van der Waals surface area contributed by atoms with Crippen molar-refractivity contribution in [3.63, 3.8) is 0 Å². The van der Waals surface area contributed by atoms with Gasteiger partial charge in [-0.3, -0.25) is 0 Å². The highest BCUT2D eigenvalue weighted by molar-refractivity contribution is 5.27. The van der Waals surface area contributed by atoms with Crippen molar-refractivity contribution < 1.29 is 4.74 Å². The molecule has 1 aliphatic carbocycles. The van der Waals surface area contributed by atoms with Crippen molar-refractivity contribution in [1.82, 2.24) is 5.32 Å². The van der Waals surface area contributed by atoms with Crippen molar-refractivity contribution in [2.45, 2.75) is 57.9 Å². The summed E-state index contributed by atoms with van der Waals surface area (Å²) < 4.78 is 5.22. The van der Waals surface area contributed by atoms with Crippen LogP contribution in [0.3, 0.4) is 0 Å². The maximum absolute atomic E-state index is 5.22. The van der Waals surface area contributed by atoms with Crippen molar-refractivity contribution in [3.8, 4) is 5.75 Å². The van der Waals surface area contributed by atoms with Crippen LogP contribution in [0.5, 0.6) is 5.75 Å². The Balaban J connectivity index is 1.86. The van der Waals surface area contributed by atoms with Gasteiger partial charge in [0, 0.05) is 6.04 Å². The molecule has 0 radical (unpaired) electrons. The number of hydrogen-bond donors (Lipinski definition) is 1. The van der Waals surface area contributed by atoms with Crippen LogP contribution in [0, 0.1) is 5.92 Å². The molecule has 112 valence electrons. The maximum atomic E-state index is 5.22. The molecule has 1 aliphatic rings. The highest BCUT2D eigenvalue weighted by Gasteiger charge is 2.24. The Morgan fingerprint density at radius 1 is 1.20 bits per heavy atom. The largest absolute Gasteiger partial charge is 0.497 e. The molecule has 0 aromatic heterocycles. The Morgan fingerprint density at radius 3 is 2.50 bits per heavy atom. The van der Waals surface area contributed by atoms with E-state index in [0.29, 0.717) is 6.04 Å². The van der Waals surface area contributed by atoms with Crippen LogP contribution in [0.2, 0.25) is 0 Å². The van der Waals surface area contributed by atoms with Gasteiger partial charge in [0.1, 0.15) is 5.75 Å². The average molecular weight is 275 g/mol. The van der Waals surface area contributed by atoms with Crippen LogP contribution in [0.1, 0.15) is 51.0 Å². The number of ether oxygens (including phenoxy) is 1. The molecule has 2 rings (SSSR count). The fraction of sp³-hybridized carbons (Fsp3) is 0.667. The maximum Gasteiger partial charge on any atom is 0.118 e. The monoisotopic (exact) mass is 275 g/mol. The molecule has 1 aromatic rings. The molecule has 0 spiro atoms. The lowest BCUT2D eigenvalue weighted by Gasteiger charge is -2.25. The van der Waals surface area contributed by atoms with Gasteiger partial charge < -0.3 is 10.1 Å². The van der Waals surface area contributed by atoms with Crippen LogP contribution in [0.25, 0.3) is 0 Å². The molecule has 1 atom stereocenters. The molecular weight excluding hydrogens is 246 g/mol. The summed E-state index contributed by atoms with van der Waals surface area (Å²) in [5.41, 5.74) is 1.42. The SMILES string of the molecule is CCCNC(CCc1ccc(OC)cc1)C1CCCC1. The molecule has 1 unspecified atom stereocenters. The number of rotatable bonds is 8. The summed E-state index contributed by atoms with van der Waals surface area (Å²) >= 11 is 0. The third kappa shape index (κ3) is 4.52. The van der Waals surface area contributed by atoms with Crippen molar-refractivity contribution >= 4 is 0 Å². The Labute approximate surface area is 123 Å². The normalized spacial score (nSPS) is 17.3. The van der Waals surface area contributed by atoms with Gasteiger partial charge in [0.2, 0.25) is 0 Å². The highest BCUT2D eigenvalue weighted by Crippen LogP contribution is 2.29. The zero-order chi connectivity index (χ0) is 14.2. The summed E-state index contributed by atoms with van der Waals surface area (Å²) in [6.45, 7) is 3.41. The molecule has 0 bridgehead atoms. The van der Waals surface area contributed by atoms with E-state index in [1.165, 1.54) is 50.5 Å². The van der Waals surface area contributed by atoms with Gasteiger partial charge in [0.25, 0.3) is 0 Å². The molecule has 20 heavy (non-hydrogen) atoms. The van der Waals surface area contributed by atoms with E-state index in [2.05, 4.69) is 36.5 Å². The Hall–Kier alpha value is -1.02. The molecule has 1 N–H and O–H groups in total. The van der Waals surface area contributed by atoms with E-state index in [1.54, 1.807) is 7.11 Å². The second-order valence-corrected chi connectivity index (χ2v) is 5.99. The quantitative estimate of drug-likeness (QED) is 0.768. The van der Waals surface area contributed by atoms with Gasteiger partial charge in [0.05, 0.1) is 7.11 Å². The van der Waals surface area contributed by atoms with Crippen LogP contribution in [-0.4, -0.2) is 19.7 Å². The van der Waals surface area contributed by atoms with Gasteiger partial charge in [-0.05, 0) is 62.3 Å². The predicted molar refractivity (Wildman–Crippen MR) is 85.4 cm³/mol. The van der Waals surface area contributed by atoms with Gasteiger partial charge in [0.15, 0.2) is 0 Å². The van der Waals surface area contributed by atoms with E-state index in [9.17, 15) is 0 Å². The third-order valence-electron chi connectivity index (χ3n) is 4.53. The zero-order valence-electron chi connectivity index (χ0n) is 13.0. The smallest absolute Gasteiger partial charge is 0.118 e. The summed E-state index contributed by atoms with van der Waals surface area (Å²) in [6, 6.07) is 9.24. The first kappa shape index (κ1) is 15.4. The molecule has 0 saturated heterocycles. The van der Waals surface area contributed by atoms with Crippen LogP contribution >= 0.6 is 0 Å². The fourth-order valence-corrected chi connectivity index (χ4v) is 3.31. The Kier molecular flexibility index (Phi) is 6.38. The fourth-order valence-electron chi connectivity index (χ4n) is 3.31. The predicted octanol–water partition coefficient (Wildman–Crippen LogP) is 4.19. The van der Waals surface area contributed by atoms with Crippen LogP contribution in [0.4, 0.5) is 0 Å². The van der Waals surface area contributed by atoms with Crippen LogP contribution in [-0.2, 0) is 6.42 Å². The molecule has 0 aliphatic heterocycles. The van der Waals surface area contributed by atoms with Crippen LogP contribution < -0.4 is 10.1 Å². The van der Waals surface area contributed by atoms with Crippen LogP contribution in [0.15, 0.2) is 24.3 Å². The van der Waals surface area contributed by atoms with E-state index in [0.717, 1.165) is 18.2 Å². The van der Waals surface area contributed by atoms with Gasteiger partial charge in [-0.15, -0.1) is 0 Å². The molecule has 1 fully saturated rings. The first-order valence-electron chi connectivity index (χ1n) is 8.19. The average Bonchev–Trinajstić information content (AvgIpc) is 3.02. The molecule has 1 aromatic carbocycles. The number of benzene rings is 1. The lowest BCUT2D eigenvalue weighted by molar-refractivity contribution is 0.341. The summed E-state index contributed by atoms with van der Waals surface area (Å²) in [4.78, 5) is 0. The van der Waals surface area contributed by atoms with Gasteiger partial charge >= 0.3 is 0 Å². The van der Waals surface area contributed by atoms with Gasteiger partial charge in [-0.25, -0.2) is 0 Å². The summed E-state index contributed by atoms with van der Waals surface area (Å²) in [5.74, 6) is 1.85. The first-order valence-corrected chi connectivity index (χ1v) is 8.19.